The topological polar surface area (TPSA) is 64.6 Å². The van der Waals surface area contributed by atoms with E-state index in [9.17, 15) is 9.59 Å². The van der Waals surface area contributed by atoms with Gasteiger partial charge in [0.2, 0.25) is 0 Å². The smallest absolute Gasteiger partial charge is 0.407 e. The second kappa shape index (κ2) is 9.49. The Hall–Kier alpha value is -3.60. The Kier molecular flexibility index (Phi) is 6.11. The molecule has 0 radical (unpaired) electrons. The first-order valence-electron chi connectivity index (χ1n) is 11.5. The molecule has 3 aromatic carbocycles. The minimum absolute atomic E-state index is 0.0124. The van der Waals surface area contributed by atoms with Crippen molar-refractivity contribution in [2.24, 2.45) is 5.92 Å². The summed E-state index contributed by atoms with van der Waals surface area (Å²) < 4.78 is 11.2. The van der Waals surface area contributed by atoms with Crippen LogP contribution in [0.15, 0.2) is 78.9 Å². The number of amides is 1. The lowest BCUT2D eigenvalue weighted by molar-refractivity contribution is -0.150. The van der Waals surface area contributed by atoms with Crippen molar-refractivity contribution in [3.05, 3.63) is 95.6 Å². The van der Waals surface area contributed by atoms with Gasteiger partial charge in [-0.3, -0.25) is 4.79 Å². The average Bonchev–Trinajstić information content (AvgIpc) is 3.44. The summed E-state index contributed by atoms with van der Waals surface area (Å²) in [6.45, 7) is 0.504. The van der Waals surface area contributed by atoms with Crippen molar-refractivity contribution in [1.29, 1.82) is 0 Å². The van der Waals surface area contributed by atoms with Crippen LogP contribution in [0.1, 0.15) is 41.9 Å². The minimum atomic E-state index is -0.482. The highest BCUT2D eigenvalue weighted by Gasteiger charge is 2.36. The van der Waals surface area contributed by atoms with Crippen molar-refractivity contribution in [1.82, 2.24) is 5.32 Å². The van der Waals surface area contributed by atoms with Gasteiger partial charge in [0.1, 0.15) is 13.2 Å². The Morgan fingerprint density at radius 3 is 2.12 bits per heavy atom. The number of rotatable bonds is 6. The molecule has 0 saturated heterocycles. The Bertz CT molecular complexity index is 1100. The molecule has 5 nitrogen and oxygen atoms in total. The van der Waals surface area contributed by atoms with E-state index in [2.05, 4.69) is 29.6 Å². The Morgan fingerprint density at radius 2 is 1.42 bits per heavy atom. The van der Waals surface area contributed by atoms with Crippen LogP contribution in [-0.2, 0) is 20.9 Å². The van der Waals surface area contributed by atoms with E-state index in [1.54, 1.807) is 0 Å². The van der Waals surface area contributed by atoms with E-state index in [4.69, 9.17) is 9.47 Å². The molecule has 1 fully saturated rings. The van der Waals surface area contributed by atoms with E-state index in [0.717, 1.165) is 18.4 Å². The summed E-state index contributed by atoms with van der Waals surface area (Å²) in [5, 5.41) is 2.92. The number of benzene rings is 3. The third-order valence-corrected chi connectivity index (χ3v) is 6.69. The quantitative estimate of drug-likeness (QED) is 0.518. The number of nitrogens with one attached hydrogen (secondary N) is 1. The molecule has 0 heterocycles. The molecular formula is C28H27NO4. The maximum absolute atomic E-state index is 12.6. The largest absolute Gasteiger partial charge is 0.461 e. The highest BCUT2D eigenvalue weighted by atomic mass is 16.5. The molecule has 0 aromatic heterocycles. The van der Waals surface area contributed by atoms with Gasteiger partial charge in [0, 0.05) is 12.0 Å². The SMILES string of the molecule is O=C(N[C@@H]1CCC[C@@H]1C(=O)OCc1ccccc1)OCC1c2ccccc2-c2ccccc21. The Morgan fingerprint density at radius 1 is 0.788 bits per heavy atom. The van der Waals surface area contributed by atoms with Crippen molar-refractivity contribution in [2.75, 3.05) is 6.61 Å². The lowest BCUT2D eigenvalue weighted by Gasteiger charge is -2.21. The molecule has 2 aliphatic rings. The molecule has 2 aliphatic carbocycles. The van der Waals surface area contributed by atoms with Gasteiger partial charge in [-0.15, -0.1) is 0 Å². The number of fused-ring (bicyclic) bond motifs is 3. The maximum atomic E-state index is 12.6. The fraction of sp³-hybridized carbons (Fsp3) is 0.286. The van der Waals surface area contributed by atoms with Crippen LogP contribution in [0.4, 0.5) is 4.79 Å². The molecule has 33 heavy (non-hydrogen) atoms. The number of hydrogen-bond acceptors (Lipinski definition) is 4. The van der Waals surface area contributed by atoms with Crippen molar-refractivity contribution in [2.45, 2.75) is 37.8 Å². The van der Waals surface area contributed by atoms with Crippen LogP contribution in [0, 0.1) is 5.92 Å². The van der Waals surface area contributed by atoms with Crippen molar-refractivity contribution < 1.29 is 19.1 Å². The van der Waals surface area contributed by atoms with Gasteiger partial charge in [-0.2, -0.15) is 0 Å². The zero-order chi connectivity index (χ0) is 22.6. The molecule has 1 saturated carbocycles. The molecule has 5 heteroatoms. The van der Waals surface area contributed by atoms with Gasteiger partial charge in [0.15, 0.2) is 0 Å². The van der Waals surface area contributed by atoms with Gasteiger partial charge in [-0.25, -0.2) is 4.79 Å². The highest BCUT2D eigenvalue weighted by Crippen LogP contribution is 2.44. The van der Waals surface area contributed by atoms with Crippen LogP contribution in [-0.4, -0.2) is 24.7 Å². The normalized spacial score (nSPS) is 18.9. The van der Waals surface area contributed by atoms with Gasteiger partial charge in [-0.05, 0) is 40.7 Å². The van der Waals surface area contributed by atoms with Gasteiger partial charge in [-0.1, -0.05) is 85.3 Å². The van der Waals surface area contributed by atoms with Gasteiger partial charge < -0.3 is 14.8 Å². The lowest BCUT2D eigenvalue weighted by atomic mass is 9.98. The third kappa shape index (κ3) is 4.49. The molecule has 0 unspecified atom stereocenters. The second-order valence-corrected chi connectivity index (χ2v) is 8.71. The number of ether oxygens (including phenoxy) is 2. The molecule has 5 rings (SSSR count). The van der Waals surface area contributed by atoms with Crippen LogP contribution in [0.5, 0.6) is 0 Å². The summed E-state index contributed by atoms with van der Waals surface area (Å²) in [4.78, 5) is 25.3. The van der Waals surface area contributed by atoms with Crippen molar-refractivity contribution >= 4 is 12.1 Å². The Labute approximate surface area is 193 Å². The van der Waals surface area contributed by atoms with Gasteiger partial charge >= 0.3 is 12.1 Å². The summed E-state index contributed by atoms with van der Waals surface area (Å²) in [6, 6.07) is 25.9. The Balaban J connectivity index is 1.18. The molecule has 0 spiro atoms. The first-order valence-corrected chi connectivity index (χ1v) is 11.5. The summed E-state index contributed by atoms with van der Waals surface area (Å²) in [5.74, 6) is -0.590. The number of hydrogen-bond donors (Lipinski definition) is 1. The maximum Gasteiger partial charge on any atom is 0.407 e. The molecule has 0 aliphatic heterocycles. The summed E-state index contributed by atoms with van der Waals surface area (Å²) in [7, 11) is 0. The second-order valence-electron chi connectivity index (χ2n) is 8.71. The molecular weight excluding hydrogens is 414 g/mol. The van der Waals surface area contributed by atoms with E-state index >= 15 is 0 Å². The van der Waals surface area contributed by atoms with Crippen LogP contribution in [0.3, 0.4) is 0 Å². The highest BCUT2D eigenvalue weighted by molar-refractivity contribution is 5.79. The number of carbonyl (C=O) groups is 2. The lowest BCUT2D eigenvalue weighted by Crippen LogP contribution is -2.41. The van der Waals surface area contributed by atoms with E-state index in [1.807, 2.05) is 54.6 Å². The number of alkyl carbamates (subject to hydrolysis) is 1. The number of esters is 1. The predicted molar refractivity (Wildman–Crippen MR) is 126 cm³/mol. The van der Waals surface area contributed by atoms with E-state index in [0.29, 0.717) is 6.42 Å². The van der Waals surface area contributed by atoms with Crippen LogP contribution in [0.25, 0.3) is 11.1 Å². The van der Waals surface area contributed by atoms with Crippen LogP contribution < -0.4 is 5.32 Å². The molecule has 1 amide bonds. The fourth-order valence-corrected chi connectivity index (χ4v) is 5.04. The fourth-order valence-electron chi connectivity index (χ4n) is 5.04. The van der Waals surface area contributed by atoms with Gasteiger partial charge in [0.25, 0.3) is 0 Å². The first-order chi connectivity index (χ1) is 16.2. The van der Waals surface area contributed by atoms with Crippen LogP contribution in [0.2, 0.25) is 0 Å². The van der Waals surface area contributed by atoms with E-state index < -0.39 is 6.09 Å². The summed E-state index contributed by atoms with van der Waals surface area (Å²) in [6.07, 6.45) is 1.85. The standard InChI is InChI=1S/C28H27NO4/c30-27(32-17-19-9-2-1-3-10-19)24-15-8-16-26(24)29-28(31)33-18-25-22-13-6-4-11-20(22)21-12-5-7-14-23(21)25/h1-7,9-14,24-26H,8,15-18H2,(H,29,31)/t24-,26+/m0/s1. The molecule has 1 N–H and O–H groups in total. The molecule has 3 aromatic rings. The zero-order valence-corrected chi connectivity index (χ0v) is 18.4. The van der Waals surface area contributed by atoms with Crippen LogP contribution >= 0.6 is 0 Å². The average molecular weight is 442 g/mol. The molecule has 0 bridgehead atoms. The zero-order valence-electron chi connectivity index (χ0n) is 18.4. The van der Waals surface area contributed by atoms with Gasteiger partial charge in [0.05, 0.1) is 5.92 Å². The minimum Gasteiger partial charge on any atom is -0.461 e. The van der Waals surface area contributed by atoms with Crippen molar-refractivity contribution in [3.8, 4) is 11.1 Å². The first kappa shape index (κ1) is 21.3. The van der Waals surface area contributed by atoms with E-state index in [1.165, 1.54) is 22.3 Å². The summed E-state index contributed by atoms with van der Waals surface area (Å²) in [5.41, 5.74) is 5.69. The molecule has 168 valence electrons. The number of carbonyl (C=O) groups excluding carboxylic acids is 2. The molecule has 2 atom stereocenters. The summed E-state index contributed by atoms with van der Waals surface area (Å²) >= 11 is 0. The monoisotopic (exact) mass is 441 g/mol. The van der Waals surface area contributed by atoms with E-state index in [-0.39, 0.29) is 37.1 Å². The predicted octanol–water partition coefficient (Wildman–Crippen LogP) is 5.44. The third-order valence-electron chi connectivity index (χ3n) is 6.69. The van der Waals surface area contributed by atoms with Crippen molar-refractivity contribution in [3.63, 3.8) is 0 Å².